The molecule has 2 nitrogen and oxygen atoms in total. The third kappa shape index (κ3) is 4.24. The first kappa shape index (κ1) is 24.2. The second-order valence-corrected chi connectivity index (χ2v) is 12.0. The molecule has 0 N–H and O–H groups in total. The Morgan fingerprint density at radius 1 is 1.14 bits per heavy atom. The topological polar surface area (TPSA) is 6.48 Å². The molecular weight excluding hydrogens is 424 g/mol. The maximum absolute atomic E-state index is 4.41. The maximum atomic E-state index is 4.41. The van der Waals surface area contributed by atoms with E-state index in [4.69, 9.17) is 0 Å². The van der Waals surface area contributed by atoms with Gasteiger partial charge in [0.15, 0.2) is 0 Å². The summed E-state index contributed by atoms with van der Waals surface area (Å²) in [5.41, 5.74) is 12.5. The van der Waals surface area contributed by atoms with Crippen LogP contribution in [-0.4, -0.2) is 28.9 Å². The zero-order valence-electron chi connectivity index (χ0n) is 22.6. The molecule has 1 aliphatic carbocycles. The van der Waals surface area contributed by atoms with Gasteiger partial charge in [0.2, 0.25) is 0 Å². The quantitative estimate of drug-likeness (QED) is 0.373. The normalized spacial score (nSPS) is 24.7. The van der Waals surface area contributed by atoms with Crippen LogP contribution in [0.5, 0.6) is 0 Å². The molecule has 186 valence electrons. The number of unbranched alkanes of at least 4 members (excludes halogenated alkanes) is 1. The lowest BCUT2D eigenvalue weighted by atomic mass is 9.74. The van der Waals surface area contributed by atoms with Crippen LogP contribution in [-0.2, 0) is 12.8 Å². The second-order valence-electron chi connectivity index (χ2n) is 12.0. The number of benzene rings is 1. The largest absolute Gasteiger partial charge is 0.375 e. The Morgan fingerprint density at radius 2 is 1.94 bits per heavy atom. The zero-order chi connectivity index (χ0) is 24.9. The maximum Gasteiger partial charge on any atom is 0.0491 e. The molecule has 1 aromatic rings. The Morgan fingerprint density at radius 3 is 2.63 bits per heavy atom. The molecule has 35 heavy (non-hydrogen) atoms. The van der Waals surface area contributed by atoms with Gasteiger partial charge < -0.3 is 9.80 Å². The first-order valence-electron chi connectivity index (χ1n) is 13.9. The number of allylic oxidation sites excluding steroid dienone is 5. The highest BCUT2D eigenvalue weighted by Crippen LogP contribution is 2.56. The van der Waals surface area contributed by atoms with Crippen LogP contribution in [0.15, 0.2) is 66.6 Å². The molecule has 2 unspecified atom stereocenters. The Balaban J connectivity index is 1.47. The predicted molar refractivity (Wildman–Crippen MR) is 150 cm³/mol. The number of hydrogen-bond donors (Lipinski definition) is 0. The minimum atomic E-state index is 0.276. The van der Waals surface area contributed by atoms with E-state index in [0.717, 1.165) is 17.6 Å². The molecule has 5 rings (SSSR count). The van der Waals surface area contributed by atoms with Gasteiger partial charge in [-0.15, -0.1) is 0 Å². The highest BCUT2D eigenvalue weighted by atomic mass is 15.2. The van der Waals surface area contributed by atoms with Crippen LogP contribution in [0.25, 0.3) is 5.70 Å². The Labute approximate surface area is 213 Å². The van der Waals surface area contributed by atoms with Gasteiger partial charge in [-0.3, -0.25) is 0 Å². The third-order valence-corrected chi connectivity index (χ3v) is 9.14. The summed E-state index contributed by atoms with van der Waals surface area (Å²) >= 11 is 0. The molecule has 2 heteroatoms. The van der Waals surface area contributed by atoms with Crippen molar-refractivity contribution in [2.24, 2.45) is 5.41 Å². The van der Waals surface area contributed by atoms with E-state index in [0.29, 0.717) is 12.0 Å². The number of likely N-dealkylation sites (tertiary alicyclic amines) is 1. The van der Waals surface area contributed by atoms with Gasteiger partial charge in [-0.25, -0.2) is 0 Å². The molecule has 2 fully saturated rings. The van der Waals surface area contributed by atoms with Crippen LogP contribution in [0.4, 0.5) is 0 Å². The van der Waals surface area contributed by atoms with Gasteiger partial charge in [0.25, 0.3) is 0 Å². The van der Waals surface area contributed by atoms with Crippen molar-refractivity contribution in [2.45, 2.75) is 91.0 Å². The summed E-state index contributed by atoms with van der Waals surface area (Å²) in [4.78, 5) is 5.10. The van der Waals surface area contributed by atoms with Crippen molar-refractivity contribution in [1.82, 2.24) is 9.80 Å². The molecule has 1 saturated carbocycles. The monoisotopic (exact) mass is 468 g/mol. The zero-order valence-corrected chi connectivity index (χ0v) is 22.6. The molecule has 3 aliphatic heterocycles. The highest BCUT2D eigenvalue weighted by molar-refractivity contribution is 5.78. The molecule has 0 spiro atoms. The van der Waals surface area contributed by atoms with Crippen LogP contribution >= 0.6 is 0 Å². The van der Waals surface area contributed by atoms with Gasteiger partial charge in [0.1, 0.15) is 0 Å². The van der Waals surface area contributed by atoms with Crippen molar-refractivity contribution < 1.29 is 0 Å². The van der Waals surface area contributed by atoms with Crippen molar-refractivity contribution in [1.29, 1.82) is 0 Å². The van der Waals surface area contributed by atoms with E-state index in [-0.39, 0.29) is 5.41 Å². The van der Waals surface area contributed by atoms with E-state index in [9.17, 15) is 0 Å². The predicted octanol–water partition coefficient (Wildman–Crippen LogP) is 8.14. The number of rotatable bonds is 7. The molecular formula is C33H44N2. The first-order chi connectivity index (χ1) is 16.7. The van der Waals surface area contributed by atoms with Crippen molar-refractivity contribution in [3.63, 3.8) is 0 Å². The molecule has 2 atom stereocenters. The first-order valence-corrected chi connectivity index (χ1v) is 13.9. The molecule has 0 amide bonds. The van der Waals surface area contributed by atoms with Gasteiger partial charge in [0, 0.05) is 48.2 Å². The summed E-state index contributed by atoms with van der Waals surface area (Å²) in [5, 5.41) is 0. The number of hydrogen-bond acceptors (Lipinski definition) is 2. The number of aryl methyl sites for hydroxylation is 2. The lowest BCUT2D eigenvalue weighted by Gasteiger charge is -2.48. The molecule has 0 aromatic heterocycles. The van der Waals surface area contributed by atoms with Gasteiger partial charge in [0.05, 0.1) is 0 Å². The lowest BCUT2D eigenvalue weighted by Crippen LogP contribution is -2.45. The minimum Gasteiger partial charge on any atom is -0.375 e. The standard InChI is InChI=1S/C33H44N2/c1-8-25-19-29-28(20-26(25)13-9-10-16-34-17-11-12-24(34)5)27-14-15-33(6,7)32(27)35-21-30(22(2)3)23(4)18-31(29)35/h18-21,27,32H,2,4-5,8-17H2,1,3,6-7H3. The molecule has 4 aliphatic rings. The fourth-order valence-electron chi connectivity index (χ4n) is 7.19. The summed E-state index contributed by atoms with van der Waals surface area (Å²) in [6.45, 7) is 24.6. The lowest BCUT2D eigenvalue weighted by molar-refractivity contribution is 0.195. The van der Waals surface area contributed by atoms with E-state index in [2.05, 4.69) is 81.6 Å². The fourth-order valence-corrected chi connectivity index (χ4v) is 7.19. The van der Waals surface area contributed by atoms with Crippen LogP contribution in [0, 0.1) is 5.41 Å². The van der Waals surface area contributed by atoms with Crippen LogP contribution in [0.2, 0.25) is 0 Å². The van der Waals surface area contributed by atoms with Gasteiger partial charge in [-0.1, -0.05) is 46.6 Å². The molecule has 1 aromatic carbocycles. The van der Waals surface area contributed by atoms with Gasteiger partial charge >= 0.3 is 0 Å². The van der Waals surface area contributed by atoms with Crippen molar-refractivity contribution in [2.75, 3.05) is 13.1 Å². The molecule has 1 saturated heterocycles. The third-order valence-electron chi connectivity index (χ3n) is 9.14. The van der Waals surface area contributed by atoms with Gasteiger partial charge in [-0.05, 0) is 109 Å². The number of nitrogens with zero attached hydrogens (tertiary/aromatic N) is 2. The summed E-state index contributed by atoms with van der Waals surface area (Å²) < 4.78 is 0. The van der Waals surface area contributed by atoms with E-state index < -0.39 is 0 Å². The van der Waals surface area contributed by atoms with Crippen LogP contribution in [0.3, 0.4) is 0 Å². The SMILES string of the molecule is C=C(C)C1=CN2C(=CC1=C)c1cc(CC)c(CCCCN3CCCC3=C)cc1C1CCC(C)(C)C12. The fraction of sp³-hybridized carbons (Fsp3) is 0.515. The van der Waals surface area contributed by atoms with Crippen LogP contribution in [0.1, 0.15) is 94.4 Å². The number of fused-ring (bicyclic) bond motifs is 6. The molecule has 0 bridgehead atoms. The second kappa shape index (κ2) is 9.19. The average Bonchev–Trinajstić information content (AvgIpc) is 3.37. The molecule has 3 heterocycles. The Hall–Kier alpha value is -2.48. The van der Waals surface area contributed by atoms with Crippen molar-refractivity contribution in [3.8, 4) is 0 Å². The highest BCUT2D eigenvalue weighted by Gasteiger charge is 2.50. The summed E-state index contributed by atoms with van der Waals surface area (Å²) in [5.74, 6) is 0.587. The van der Waals surface area contributed by atoms with Crippen molar-refractivity contribution in [3.05, 3.63) is 88.8 Å². The summed E-state index contributed by atoms with van der Waals surface area (Å²) in [7, 11) is 0. The summed E-state index contributed by atoms with van der Waals surface area (Å²) in [6, 6.07) is 5.63. The van der Waals surface area contributed by atoms with E-state index in [1.165, 1.54) is 86.1 Å². The average molecular weight is 469 g/mol. The van der Waals surface area contributed by atoms with E-state index in [1.54, 1.807) is 11.1 Å². The smallest absolute Gasteiger partial charge is 0.0491 e. The van der Waals surface area contributed by atoms with Crippen LogP contribution < -0.4 is 0 Å². The van der Waals surface area contributed by atoms with Gasteiger partial charge in [-0.2, -0.15) is 0 Å². The Bertz CT molecular complexity index is 1130. The summed E-state index contributed by atoms with van der Waals surface area (Å²) in [6.07, 6.45) is 14.5. The van der Waals surface area contributed by atoms with Crippen molar-refractivity contribution >= 4 is 5.70 Å². The molecule has 0 radical (unpaired) electrons. The minimum absolute atomic E-state index is 0.276. The van der Waals surface area contributed by atoms with E-state index in [1.807, 2.05) is 0 Å². The van der Waals surface area contributed by atoms with E-state index >= 15 is 0 Å². The Kier molecular flexibility index (Phi) is 6.36.